The number of methoxy groups -OCH3 is 3. The van der Waals surface area contributed by atoms with Crippen LogP contribution in [0, 0.1) is 0 Å². The number of likely N-dealkylation sites (N-methyl/N-ethyl adjacent to an activating group) is 1. The zero-order chi connectivity index (χ0) is 29.3. The third kappa shape index (κ3) is 6.84. The van der Waals surface area contributed by atoms with Crippen molar-refractivity contribution in [2.75, 3.05) is 39.2 Å². The normalized spacial score (nSPS) is 11.7. The van der Waals surface area contributed by atoms with Gasteiger partial charge in [-0.25, -0.2) is 8.42 Å². The molecular formula is C29H35N3O7S. The summed E-state index contributed by atoms with van der Waals surface area (Å²) in [5, 5.41) is 2.61. The summed E-state index contributed by atoms with van der Waals surface area (Å²) in [6, 6.07) is 18.7. The molecule has 0 bridgehead atoms. The van der Waals surface area contributed by atoms with Gasteiger partial charge in [0.05, 0.1) is 31.9 Å². The van der Waals surface area contributed by atoms with Crippen LogP contribution in [-0.2, 0) is 26.2 Å². The van der Waals surface area contributed by atoms with Crippen molar-refractivity contribution in [2.45, 2.75) is 30.8 Å². The van der Waals surface area contributed by atoms with Crippen LogP contribution in [0.1, 0.15) is 18.9 Å². The minimum atomic E-state index is -4.25. The predicted octanol–water partition coefficient (Wildman–Crippen LogP) is 3.46. The fraction of sp³-hybridized carbons (Fsp3) is 0.310. The van der Waals surface area contributed by atoms with E-state index < -0.39 is 28.5 Å². The molecule has 11 heteroatoms. The molecule has 10 nitrogen and oxygen atoms in total. The summed E-state index contributed by atoms with van der Waals surface area (Å²) in [6.45, 7) is 1.27. The lowest BCUT2D eigenvalue weighted by Gasteiger charge is -2.33. The van der Waals surface area contributed by atoms with Gasteiger partial charge in [0.2, 0.25) is 11.8 Å². The average molecular weight is 570 g/mol. The van der Waals surface area contributed by atoms with Crippen molar-refractivity contribution in [3.8, 4) is 17.2 Å². The van der Waals surface area contributed by atoms with E-state index in [2.05, 4.69) is 5.32 Å². The fourth-order valence-electron chi connectivity index (χ4n) is 4.28. The molecule has 0 aliphatic rings. The first-order chi connectivity index (χ1) is 19.2. The molecule has 0 saturated carbocycles. The Bertz CT molecular complexity index is 1410. The van der Waals surface area contributed by atoms with Crippen LogP contribution in [0.4, 0.5) is 5.69 Å². The van der Waals surface area contributed by atoms with E-state index in [9.17, 15) is 18.0 Å². The van der Waals surface area contributed by atoms with Crippen LogP contribution < -0.4 is 23.8 Å². The third-order valence-corrected chi connectivity index (χ3v) is 8.17. The molecule has 0 saturated heterocycles. The zero-order valence-electron chi connectivity index (χ0n) is 23.3. The van der Waals surface area contributed by atoms with Crippen molar-refractivity contribution in [2.24, 2.45) is 0 Å². The van der Waals surface area contributed by atoms with Gasteiger partial charge < -0.3 is 24.4 Å². The average Bonchev–Trinajstić information content (AvgIpc) is 2.99. The molecule has 2 amide bonds. The summed E-state index contributed by atoms with van der Waals surface area (Å²) in [5.74, 6) is 0.419. The predicted molar refractivity (Wildman–Crippen MR) is 152 cm³/mol. The highest BCUT2D eigenvalue weighted by Gasteiger charge is 2.34. The summed E-state index contributed by atoms with van der Waals surface area (Å²) in [7, 11) is 1.69. The maximum absolute atomic E-state index is 14.0. The van der Waals surface area contributed by atoms with E-state index in [1.54, 1.807) is 49.4 Å². The summed E-state index contributed by atoms with van der Waals surface area (Å²) >= 11 is 0. The number of anilines is 1. The van der Waals surface area contributed by atoms with Crippen LogP contribution in [0.2, 0.25) is 0 Å². The first-order valence-electron chi connectivity index (χ1n) is 12.6. The number of rotatable bonds is 13. The smallest absolute Gasteiger partial charge is 0.264 e. The maximum Gasteiger partial charge on any atom is 0.264 e. The number of ether oxygens (including phenoxy) is 3. The minimum Gasteiger partial charge on any atom is -0.497 e. The number of carbonyl (C=O) groups is 2. The van der Waals surface area contributed by atoms with Crippen molar-refractivity contribution >= 4 is 27.5 Å². The molecule has 3 rings (SSSR count). The molecule has 3 aromatic carbocycles. The van der Waals surface area contributed by atoms with Crippen molar-refractivity contribution in [1.82, 2.24) is 10.2 Å². The molecule has 0 heterocycles. The third-order valence-electron chi connectivity index (χ3n) is 6.40. The van der Waals surface area contributed by atoms with Crippen LogP contribution >= 0.6 is 0 Å². The van der Waals surface area contributed by atoms with Gasteiger partial charge in [0.1, 0.15) is 29.8 Å². The van der Waals surface area contributed by atoms with Gasteiger partial charge in [0.25, 0.3) is 10.0 Å². The first kappa shape index (κ1) is 30.3. The van der Waals surface area contributed by atoms with E-state index in [0.717, 1.165) is 9.87 Å². The van der Waals surface area contributed by atoms with Gasteiger partial charge in [-0.05, 0) is 60.5 Å². The van der Waals surface area contributed by atoms with Gasteiger partial charge in [-0.2, -0.15) is 0 Å². The summed E-state index contributed by atoms with van der Waals surface area (Å²) in [5.41, 5.74) is 0.903. The van der Waals surface area contributed by atoms with Crippen molar-refractivity contribution < 1.29 is 32.2 Å². The minimum absolute atomic E-state index is 0.0373. The van der Waals surface area contributed by atoms with E-state index in [-0.39, 0.29) is 28.8 Å². The highest BCUT2D eigenvalue weighted by molar-refractivity contribution is 7.92. The van der Waals surface area contributed by atoms with Crippen molar-refractivity contribution in [3.63, 3.8) is 0 Å². The molecule has 214 valence electrons. The highest BCUT2D eigenvalue weighted by Crippen LogP contribution is 2.33. The lowest BCUT2D eigenvalue weighted by Crippen LogP contribution is -2.51. The second-order valence-electron chi connectivity index (χ2n) is 8.77. The fourth-order valence-corrected chi connectivity index (χ4v) is 5.70. The van der Waals surface area contributed by atoms with Gasteiger partial charge in [-0.3, -0.25) is 13.9 Å². The van der Waals surface area contributed by atoms with Crippen LogP contribution in [0.3, 0.4) is 0 Å². The number of para-hydroxylation sites is 2. The van der Waals surface area contributed by atoms with E-state index in [4.69, 9.17) is 14.2 Å². The molecule has 1 N–H and O–H groups in total. The molecule has 0 radical (unpaired) electrons. The second kappa shape index (κ2) is 13.7. The van der Waals surface area contributed by atoms with Gasteiger partial charge in [-0.15, -0.1) is 0 Å². The topological polar surface area (TPSA) is 114 Å². The monoisotopic (exact) mass is 569 g/mol. The number of nitrogens with zero attached hydrogens (tertiary/aromatic N) is 2. The van der Waals surface area contributed by atoms with Crippen molar-refractivity contribution in [1.29, 1.82) is 0 Å². The molecule has 0 fully saturated rings. The van der Waals surface area contributed by atoms with Gasteiger partial charge >= 0.3 is 0 Å². The molecule has 0 spiro atoms. The van der Waals surface area contributed by atoms with Gasteiger partial charge in [-0.1, -0.05) is 31.2 Å². The molecule has 1 atom stereocenters. The highest BCUT2D eigenvalue weighted by atomic mass is 32.2. The number of sulfonamides is 1. The van der Waals surface area contributed by atoms with Gasteiger partial charge in [0, 0.05) is 13.6 Å². The van der Waals surface area contributed by atoms with Gasteiger partial charge in [0.15, 0.2) is 0 Å². The number of amides is 2. The van der Waals surface area contributed by atoms with E-state index in [1.807, 2.05) is 6.07 Å². The molecule has 40 heavy (non-hydrogen) atoms. The van der Waals surface area contributed by atoms with Crippen molar-refractivity contribution in [3.05, 3.63) is 78.4 Å². The van der Waals surface area contributed by atoms with Crippen LogP contribution in [-0.4, -0.2) is 66.1 Å². The Kier molecular flexibility index (Phi) is 10.4. The number of hydrogen-bond donors (Lipinski definition) is 1. The standard InChI is InChI=1S/C29H35N3O7S/c1-6-25(29(34)30-2)31(19-21-10-9-11-23(18-21)38-4)28(33)20-32(26-12-7-8-13-27(26)39-5)40(35,36)24-16-14-22(37-3)15-17-24/h7-18,25H,6,19-20H2,1-5H3,(H,30,34)/t25-/m0/s1. The molecule has 0 aliphatic carbocycles. The number of carbonyl (C=O) groups excluding carboxylic acids is 2. The number of nitrogens with one attached hydrogen (secondary N) is 1. The maximum atomic E-state index is 14.0. The van der Waals surface area contributed by atoms with E-state index >= 15 is 0 Å². The molecule has 0 aliphatic heterocycles. The Hall–Kier alpha value is -4.25. The molecular weight excluding hydrogens is 534 g/mol. The Morgan fingerprint density at radius 2 is 1.55 bits per heavy atom. The number of benzene rings is 3. The molecule has 0 unspecified atom stereocenters. The summed E-state index contributed by atoms with van der Waals surface area (Å²) < 4.78 is 44.9. The van der Waals surface area contributed by atoms with Crippen LogP contribution in [0.15, 0.2) is 77.7 Å². The Morgan fingerprint density at radius 1 is 0.875 bits per heavy atom. The zero-order valence-corrected chi connectivity index (χ0v) is 24.1. The summed E-state index contributed by atoms with van der Waals surface area (Å²) in [6.07, 6.45) is 0.315. The second-order valence-corrected chi connectivity index (χ2v) is 10.6. The Morgan fingerprint density at radius 3 is 2.15 bits per heavy atom. The molecule has 3 aromatic rings. The first-order valence-corrected chi connectivity index (χ1v) is 14.1. The molecule has 0 aromatic heterocycles. The largest absolute Gasteiger partial charge is 0.497 e. The number of hydrogen-bond acceptors (Lipinski definition) is 7. The van der Waals surface area contributed by atoms with E-state index in [0.29, 0.717) is 17.9 Å². The van der Waals surface area contributed by atoms with Crippen LogP contribution in [0.25, 0.3) is 0 Å². The lowest BCUT2D eigenvalue weighted by molar-refractivity contribution is -0.140. The Labute approximate surface area is 235 Å². The van der Waals surface area contributed by atoms with E-state index in [1.165, 1.54) is 57.5 Å². The summed E-state index contributed by atoms with van der Waals surface area (Å²) in [4.78, 5) is 28.2. The SMILES string of the molecule is CC[C@@H](C(=O)NC)N(Cc1cccc(OC)c1)C(=O)CN(c1ccccc1OC)S(=O)(=O)c1ccc(OC)cc1. The lowest BCUT2D eigenvalue weighted by atomic mass is 10.1. The quantitative estimate of drug-likeness (QED) is 0.335. The van der Waals surface area contributed by atoms with Crippen LogP contribution in [0.5, 0.6) is 17.2 Å². The Balaban J connectivity index is 2.10.